The lowest BCUT2D eigenvalue weighted by Crippen LogP contribution is -2.51. The van der Waals surface area contributed by atoms with E-state index in [9.17, 15) is 14.4 Å². The fourth-order valence-corrected chi connectivity index (χ4v) is 4.73. The standard InChI is InChI=1S/C28H37N5O4/c1-28(2,3)21-8-10-22(11-9-21)33(27(36)23-7-5-13-30-23)25(20-6-4-12-29-18-20)26(35)31-19-24(34)32-14-16-37-17-15-32/h4,6,8-12,18,23,25,30H,5,7,13-17,19H2,1-3H3,(H,31,35). The summed E-state index contributed by atoms with van der Waals surface area (Å²) in [5.74, 6) is -0.781. The van der Waals surface area contributed by atoms with Gasteiger partial charge in [0.15, 0.2) is 0 Å². The Bertz CT molecular complexity index is 1070. The van der Waals surface area contributed by atoms with Crippen LogP contribution in [0, 0.1) is 0 Å². The van der Waals surface area contributed by atoms with Crippen LogP contribution < -0.4 is 15.5 Å². The molecule has 2 unspecified atom stereocenters. The molecule has 0 radical (unpaired) electrons. The summed E-state index contributed by atoms with van der Waals surface area (Å²) < 4.78 is 5.32. The van der Waals surface area contributed by atoms with E-state index in [1.165, 1.54) is 0 Å². The lowest BCUT2D eigenvalue weighted by Gasteiger charge is -2.34. The molecule has 2 aliphatic rings. The topological polar surface area (TPSA) is 104 Å². The van der Waals surface area contributed by atoms with Crippen LogP contribution in [0.15, 0.2) is 48.8 Å². The number of aromatic nitrogens is 1. The summed E-state index contributed by atoms with van der Waals surface area (Å²) in [6, 6.07) is 9.94. The summed E-state index contributed by atoms with van der Waals surface area (Å²) in [5, 5.41) is 6.07. The van der Waals surface area contributed by atoms with Crippen LogP contribution in [0.4, 0.5) is 5.69 Å². The van der Waals surface area contributed by atoms with Gasteiger partial charge in [-0.25, -0.2) is 0 Å². The molecule has 9 heteroatoms. The first-order valence-electron chi connectivity index (χ1n) is 13.0. The summed E-state index contributed by atoms with van der Waals surface area (Å²) in [7, 11) is 0. The molecule has 0 saturated carbocycles. The summed E-state index contributed by atoms with van der Waals surface area (Å²) in [6.07, 6.45) is 4.82. The molecule has 9 nitrogen and oxygen atoms in total. The first-order chi connectivity index (χ1) is 17.8. The van der Waals surface area contributed by atoms with Crippen molar-refractivity contribution in [2.45, 2.75) is 51.1 Å². The highest BCUT2D eigenvalue weighted by Crippen LogP contribution is 2.32. The number of rotatable bonds is 7. The molecule has 2 N–H and O–H groups in total. The molecule has 3 amide bonds. The van der Waals surface area contributed by atoms with Crippen LogP contribution in [0.5, 0.6) is 0 Å². The van der Waals surface area contributed by atoms with E-state index in [0.29, 0.717) is 44.0 Å². The van der Waals surface area contributed by atoms with Gasteiger partial charge in [-0.15, -0.1) is 0 Å². The van der Waals surface area contributed by atoms with Crippen molar-refractivity contribution in [3.8, 4) is 0 Å². The minimum absolute atomic E-state index is 0.0552. The van der Waals surface area contributed by atoms with Gasteiger partial charge in [-0.05, 0) is 48.6 Å². The third kappa shape index (κ3) is 6.53. The maximum Gasteiger partial charge on any atom is 0.248 e. The number of amides is 3. The Morgan fingerprint density at radius 1 is 1.16 bits per heavy atom. The van der Waals surface area contributed by atoms with Crippen molar-refractivity contribution in [3.05, 3.63) is 59.9 Å². The Morgan fingerprint density at radius 2 is 1.89 bits per heavy atom. The molecule has 1 aromatic carbocycles. The molecule has 2 aliphatic heterocycles. The van der Waals surface area contributed by atoms with Crippen molar-refractivity contribution >= 4 is 23.4 Å². The molecule has 1 aromatic heterocycles. The van der Waals surface area contributed by atoms with Gasteiger partial charge in [0.05, 0.1) is 25.8 Å². The third-order valence-corrected chi connectivity index (χ3v) is 6.89. The Labute approximate surface area is 218 Å². The number of morpholine rings is 1. The first-order valence-corrected chi connectivity index (χ1v) is 13.0. The molecule has 198 valence electrons. The van der Waals surface area contributed by atoms with E-state index in [1.54, 1.807) is 34.3 Å². The molecule has 2 saturated heterocycles. The lowest BCUT2D eigenvalue weighted by molar-refractivity contribution is -0.136. The summed E-state index contributed by atoms with van der Waals surface area (Å²) >= 11 is 0. The van der Waals surface area contributed by atoms with Crippen LogP contribution in [0.3, 0.4) is 0 Å². The number of benzene rings is 1. The summed E-state index contributed by atoms with van der Waals surface area (Å²) in [5.41, 5.74) is 2.27. The molecule has 4 rings (SSSR count). The van der Waals surface area contributed by atoms with Crippen LogP contribution >= 0.6 is 0 Å². The summed E-state index contributed by atoms with van der Waals surface area (Å²) in [4.78, 5) is 47.8. The molecule has 3 heterocycles. The second-order valence-corrected chi connectivity index (χ2v) is 10.6. The smallest absolute Gasteiger partial charge is 0.248 e. The predicted molar refractivity (Wildman–Crippen MR) is 141 cm³/mol. The van der Waals surface area contributed by atoms with E-state index in [1.807, 2.05) is 24.3 Å². The minimum Gasteiger partial charge on any atom is -0.378 e. The van der Waals surface area contributed by atoms with Crippen molar-refractivity contribution in [2.75, 3.05) is 44.3 Å². The van der Waals surface area contributed by atoms with Gasteiger partial charge in [-0.2, -0.15) is 0 Å². The van der Waals surface area contributed by atoms with Gasteiger partial charge in [0, 0.05) is 36.7 Å². The van der Waals surface area contributed by atoms with Crippen molar-refractivity contribution in [1.82, 2.24) is 20.5 Å². The predicted octanol–water partition coefficient (Wildman–Crippen LogP) is 2.18. The number of nitrogens with one attached hydrogen (secondary N) is 2. The zero-order valence-corrected chi connectivity index (χ0v) is 21.9. The number of pyridine rings is 1. The number of hydrogen-bond donors (Lipinski definition) is 2. The second kappa shape index (κ2) is 11.8. The Balaban J connectivity index is 1.66. The number of carbonyl (C=O) groups excluding carboxylic acids is 3. The van der Waals surface area contributed by atoms with Crippen molar-refractivity contribution < 1.29 is 19.1 Å². The highest BCUT2D eigenvalue weighted by atomic mass is 16.5. The highest BCUT2D eigenvalue weighted by Gasteiger charge is 2.37. The number of hydrogen-bond acceptors (Lipinski definition) is 6. The molecule has 37 heavy (non-hydrogen) atoms. The zero-order valence-electron chi connectivity index (χ0n) is 21.9. The lowest BCUT2D eigenvalue weighted by atomic mass is 9.87. The molecule has 2 fully saturated rings. The van der Waals surface area contributed by atoms with Gasteiger partial charge >= 0.3 is 0 Å². The largest absolute Gasteiger partial charge is 0.378 e. The van der Waals surface area contributed by atoms with Crippen LogP contribution in [-0.4, -0.2) is 73.0 Å². The molecular formula is C28H37N5O4. The average molecular weight is 508 g/mol. The van der Waals surface area contributed by atoms with Gasteiger partial charge in [0.1, 0.15) is 6.04 Å². The van der Waals surface area contributed by atoms with Crippen molar-refractivity contribution in [1.29, 1.82) is 0 Å². The van der Waals surface area contributed by atoms with Crippen LogP contribution in [0.25, 0.3) is 0 Å². The fourth-order valence-electron chi connectivity index (χ4n) is 4.73. The van der Waals surface area contributed by atoms with Crippen molar-refractivity contribution in [2.24, 2.45) is 0 Å². The van der Waals surface area contributed by atoms with E-state index in [-0.39, 0.29) is 29.8 Å². The van der Waals surface area contributed by atoms with Gasteiger partial charge in [0.25, 0.3) is 0 Å². The van der Waals surface area contributed by atoms with Crippen molar-refractivity contribution in [3.63, 3.8) is 0 Å². The van der Waals surface area contributed by atoms with Gasteiger partial charge in [0.2, 0.25) is 17.7 Å². The van der Waals surface area contributed by atoms with Crippen LogP contribution in [0.1, 0.15) is 50.8 Å². The molecule has 2 aromatic rings. The average Bonchev–Trinajstić information content (AvgIpc) is 3.46. The Kier molecular flexibility index (Phi) is 8.56. The van der Waals surface area contributed by atoms with Gasteiger partial charge in [-0.1, -0.05) is 39.0 Å². The van der Waals surface area contributed by atoms with E-state index >= 15 is 0 Å². The summed E-state index contributed by atoms with van der Waals surface area (Å²) in [6.45, 7) is 8.96. The number of nitrogens with zero attached hydrogens (tertiary/aromatic N) is 3. The van der Waals surface area contributed by atoms with E-state index < -0.39 is 11.9 Å². The van der Waals surface area contributed by atoms with E-state index in [0.717, 1.165) is 18.5 Å². The second-order valence-electron chi connectivity index (χ2n) is 10.6. The number of carbonyl (C=O) groups is 3. The van der Waals surface area contributed by atoms with Gasteiger partial charge < -0.3 is 20.3 Å². The monoisotopic (exact) mass is 507 g/mol. The fraction of sp³-hybridized carbons (Fsp3) is 0.500. The Morgan fingerprint density at radius 3 is 2.49 bits per heavy atom. The first kappa shape index (κ1) is 26.8. The molecule has 0 spiro atoms. The Hall–Kier alpha value is -3.30. The minimum atomic E-state index is -0.985. The molecular weight excluding hydrogens is 470 g/mol. The quantitative estimate of drug-likeness (QED) is 0.596. The maximum atomic E-state index is 13.9. The van der Waals surface area contributed by atoms with E-state index in [2.05, 4.69) is 36.4 Å². The molecule has 0 bridgehead atoms. The molecule has 0 aliphatic carbocycles. The normalized spacial score (nSPS) is 18.8. The van der Waals surface area contributed by atoms with Gasteiger partial charge in [-0.3, -0.25) is 24.3 Å². The van der Waals surface area contributed by atoms with Crippen LogP contribution in [0.2, 0.25) is 0 Å². The number of anilines is 1. The maximum absolute atomic E-state index is 13.9. The molecule has 2 atom stereocenters. The number of ether oxygens (including phenoxy) is 1. The highest BCUT2D eigenvalue weighted by molar-refractivity contribution is 6.04. The van der Waals surface area contributed by atoms with E-state index in [4.69, 9.17) is 4.74 Å². The zero-order chi connectivity index (χ0) is 26.4. The SMILES string of the molecule is CC(C)(C)c1ccc(N(C(=O)C2CCCN2)C(C(=O)NCC(=O)N2CCOCC2)c2cccnc2)cc1. The third-order valence-electron chi connectivity index (χ3n) is 6.89. The van der Waals surface area contributed by atoms with Crippen LogP contribution in [-0.2, 0) is 24.5 Å².